The second-order valence-electron chi connectivity index (χ2n) is 3.71. The van der Waals surface area contributed by atoms with Crippen LogP contribution in [0.1, 0.15) is 6.92 Å². The minimum atomic E-state index is -1.22. The molecule has 1 amide bonds. The van der Waals surface area contributed by atoms with Crippen molar-refractivity contribution in [2.45, 2.75) is 13.0 Å². The molecular formula is C10H15NO6. The Labute approximate surface area is 98.3 Å². The summed E-state index contributed by atoms with van der Waals surface area (Å²) in [5.74, 6) is -3.60. The standard InChI is InChI=1S/C10H15NO6/c1-6(9(13)14)8(12)11-3-4-17-5-7(11)10(15)16-2/h6-7H,3-5H2,1-2H3,(H,13,14). The molecule has 1 fully saturated rings. The predicted octanol–water partition coefficient (Wildman–Crippen LogP) is -0.892. The molecule has 1 aliphatic heterocycles. The van der Waals surface area contributed by atoms with Crippen LogP contribution in [0.25, 0.3) is 0 Å². The van der Waals surface area contributed by atoms with Gasteiger partial charge in [0.05, 0.1) is 20.3 Å². The molecule has 96 valence electrons. The first-order chi connectivity index (χ1) is 7.99. The van der Waals surface area contributed by atoms with Gasteiger partial charge in [0.25, 0.3) is 0 Å². The molecule has 7 heteroatoms. The molecule has 0 aliphatic carbocycles. The van der Waals surface area contributed by atoms with Crippen LogP contribution in [0.2, 0.25) is 0 Å². The third-order valence-electron chi connectivity index (χ3n) is 2.63. The Morgan fingerprint density at radius 2 is 2.12 bits per heavy atom. The van der Waals surface area contributed by atoms with Crippen LogP contribution in [-0.4, -0.2) is 60.8 Å². The Bertz CT molecular complexity index is 329. The van der Waals surface area contributed by atoms with Gasteiger partial charge in [-0.1, -0.05) is 0 Å². The smallest absolute Gasteiger partial charge is 0.331 e. The van der Waals surface area contributed by atoms with Crippen molar-refractivity contribution in [3.63, 3.8) is 0 Å². The highest BCUT2D eigenvalue weighted by Gasteiger charge is 2.37. The van der Waals surface area contributed by atoms with Crippen molar-refractivity contribution in [2.75, 3.05) is 26.9 Å². The number of aliphatic carboxylic acids is 1. The summed E-state index contributed by atoms with van der Waals surface area (Å²) in [6, 6.07) is -0.858. The van der Waals surface area contributed by atoms with Crippen molar-refractivity contribution in [3.05, 3.63) is 0 Å². The lowest BCUT2D eigenvalue weighted by Crippen LogP contribution is -2.55. The van der Waals surface area contributed by atoms with Crippen molar-refractivity contribution in [3.8, 4) is 0 Å². The topological polar surface area (TPSA) is 93.1 Å². The highest BCUT2D eigenvalue weighted by Crippen LogP contribution is 2.13. The summed E-state index contributed by atoms with van der Waals surface area (Å²) in [5.41, 5.74) is 0. The lowest BCUT2D eigenvalue weighted by atomic mass is 10.1. The first-order valence-corrected chi connectivity index (χ1v) is 5.18. The van der Waals surface area contributed by atoms with Crippen LogP contribution in [-0.2, 0) is 23.9 Å². The molecular weight excluding hydrogens is 230 g/mol. The number of morpholine rings is 1. The minimum Gasteiger partial charge on any atom is -0.481 e. The molecule has 1 N–H and O–H groups in total. The van der Waals surface area contributed by atoms with E-state index in [-0.39, 0.29) is 19.8 Å². The van der Waals surface area contributed by atoms with Crippen LogP contribution < -0.4 is 0 Å². The number of carbonyl (C=O) groups excluding carboxylic acids is 2. The van der Waals surface area contributed by atoms with Crippen molar-refractivity contribution in [2.24, 2.45) is 5.92 Å². The number of hydrogen-bond donors (Lipinski definition) is 1. The van der Waals surface area contributed by atoms with Gasteiger partial charge in [-0.3, -0.25) is 9.59 Å². The third-order valence-corrected chi connectivity index (χ3v) is 2.63. The van der Waals surface area contributed by atoms with Gasteiger partial charge in [0.1, 0.15) is 5.92 Å². The van der Waals surface area contributed by atoms with Crippen LogP contribution in [0, 0.1) is 5.92 Å². The zero-order chi connectivity index (χ0) is 13.0. The van der Waals surface area contributed by atoms with E-state index in [9.17, 15) is 14.4 Å². The second-order valence-corrected chi connectivity index (χ2v) is 3.71. The number of hydrogen-bond acceptors (Lipinski definition) is 5. The van der Waals surface area contributed by atoms with Crippen LogP contribution >= 0.6 is 0 Å². The molecule has 1 aliphatic rings. The summed E-state index contributed by atoms with van der Waals surface area (Å²) in [6.07, 6.45) is 0. The largest absolute Gasteiger partial charge is 0.481 e. The molecule has 0 saturated carbocycles. The summed E-state index contributed by atoms with van der Waals surface area (Å²) in [7, 11) is 1.21. The Morgan fingerprint density at radius 3 is 2.65 bits per heavy atom. The van der Waals surface area contributed by atoms with Crippen molar-refractivity contribution in [1.82, 2.24) is 4.90 Å². The average molecular weight is 245 g/mol. The third kappa shape index (κ3) is 2.94. The van der Waals surface area contributed by atoms with Crippen molar-refractivity contribution in [1.29, 1.82) is 0 Å². The monoisotopic (exact) mass is 245 g/mol. The van der Waals surface area contributed by atoms with Gasteiger partial charge >= 0.3 is 11.9 Å². The van der Waals surface area contributed by atoms with E-state index in [4.69, 9.17) is 9.84 Å². The molecule has 2 unspecified atom stereocenters. The fourth-order valence-corrected chi connectivity index (χ4v) is 1.55. The van der Waals surface area contributed by atoms with E-state index in [2.05, 4.69) is 4.74 Å². The molecule has 1 rings (SSSR count). The number of carboxylic acid groups (broad SMARTS) is 1. The minimum absolute atomic E-state index is 0.0325. The van der Waals surface area contributed by atoms with Gasteiger partial charge in [-0.05, 0) is 6.92 Å². The van der Waals surface area contributed by atoms with Crippen LogP contribution in [0.3, 0.4) is 0 Å². The highest BCUT2D eigenvalue weighted by molar-refractivity contribution is 5.98. The molecule has 1 saturated heterocycles. The number of amides is 1. The summed E-state index contributed by atoms with van der Waals surface area (Å²) in [6.45, 7) is 1.79. The maximum Gasteiger partial charge on any atom is 0.331 e. The van der Waals surface area contributed by atoms with Gasteiger partial charge in [0.15, 0.2) is 6.04 Å². The molecule has 1 heterocycles. The number of ether oxygens (including phenoxy) is 2. The fraction of sp³-hybridized carbons (Fsp3) is 0.700. The molecule has 7 nitrogen and oxygen atoms in total. The van der Waals surface area contributed by atoms with E-state index in [1.54, 1.807) is 0 Å². The number of esters is 1. The Balaban J connectivity index is 2.81. The Hall–Kier alpha value is -1.63. The lowest BCUT2D eigenvalue weighted by Gasteiger charge is -2.34. The van der Waals surface area contributed by atoms with E-state index < -0.39 is 29.8 Å². The predicted molar refractivity (Wildman–Crippen MR) is 55.1 cm³/mol. The quantitative estimate of drug-likeness (QED) is 0.512. The highest BCUT2D eigenvalue weighted by atomic mass is 16.5. The number of carboxylic acids is 1. The van der Waals surface area contributed by atoms with E-state index in [0.29, 0.717) is 0 Å². The van der Waals surface area contributed by atoms with E-state index in [1.165, 1.54) is 18.9 Å². The maximum absolute atomic E-state index is 11.9. The van der Waals surface area contributed by atoms with Gasteiger partial charge in [-0.25, -0.2) is 4.79 Å². The SMILES string of the molecule is COC(=O)C1COCCN1C(=O)C(C)C(=O)O. The van der Waals surface area contributed by atoms with Crippen LogP contribution in [0.4, 0.5) is 0 Å². The first kappa shape index (κ1) is 13.4. The molecule has 0 aromatic carbocycles. The summed E-state index contributed by atoms with van der Waals surface area (Å²) in [4.78, 5) is 35.2. The van der Waals surface area contributed by atoms with Gasteiger partial charge < -0.3 is 19.5 Å². The van der Waals surface area contributed by atoms with Crippen LogP contribution in [0.15, 0.2) is 0 Å². The number of carbonyl (C=O) groups is 3. The van der Waals surface area contributed by atoms with E-state index in [0.717, 1.165) is 0 Å². The zero-order valence-electron chi connectivity index (χ0n) is 9.71. The second kappa shape index (κ2) is 5.62. The fourth-order valence-electron chi connectivity index (χ4n) is 1.55. The number of rotatable bonds is 3. The van der Waals surface area contributed by atoms with Gasteiger partial charge in [0.2, 0.25) is 5.91 Å². The number of nitrogens with zero attached hydrogens (tertiary/aromatic N) is 1. The molecule has 0 aromatic rings. The normalized spacial score (nSPS) is 21.8. The molecule has 0 aromatic heterocycles. The number of methoxy groups -OCH3 is 1. The summed E-state index contributed by atoms with van der Waals surface area (Å²) in [5, 5.41) is 8.77. The van der Waals surface area contributed by atoms with Crippen LogP contribution in [0.5, 0.6) is 0 Å². The zero-order valence-corrected chi connectivity index (χ0v) is 9.71. The molecule has 17 heavy (non-hydrogen) atoms. The summed E-state index contributed by atoms with van der Waals surface area (Å²) >= 11 is 0. The van der Waals surface area contributed by atoms with Crippen molar-refractivity contribution < 1.29 is 29.0 Å². The summed E-state index contributed by atoms with van der Waals surface area (Å²) < 4.78 is 9.63. The molecule has 0 spiro atoms. The van der Waals surface area contributed by atoms with E-state index in [1.807, 2.05) is 0 Å². The molecule has 0 bridgehead atoms. The van der Waals surface area contributed by atoms with Crippen molar-refractivity contribution >= 4 is 17.8 Å². The Kier molecular flexibility index (Phi) is 4.45. The lowest BCUT2D eigenvalue weighted by molar-refractivity contribution is -0.165. The van der Waals surface area contributed by atoms with Gasteiger partial charge in [-0.15, -0.1) is 0 Å². The van der Waals surface area contributed by atoms with E-state index >= 15 is 0 Å². The average Bonchev–Trinajstić information content (AvgIpc) is 2.35. The molecule has 0 radical (unpaired) electrons. The van der Waals surface area contributed by atoms with Gasteiger partial charge in [0, 0.05) is 6.54 Å². The first-order valence-electron chi connectivity index (χ1n) is 5.18. The Morgan fingerprint density at radius 1 is 1.47 bits per heavy atom. The van der Waals surface area contributed by atoms with Gasteiger partial charge in [-0.2, -0.15) is 0 Å². The maximum atomic E-state index is 11.9. The molecule has 2 atom stereocenters.